The van der Waals surface area contributed by atoms with Crippen molar-refractivity contribution in [1.29, 1.82) is 0 Å². The van der Waals surface area contributed by atoms with Gasteiger partial charge in [-0.05, 0) is 65.2 Å². The van der Waals surface area contributed by atoms with E-state index in [1.165, 1.54) is 24.3 Å². The van der Waals surface area contributed by atoms with E-state index >= 15 is 0 Å². The molecule has 1 N–H and O–H groups in total. The molecule has 0 bridgehead atoms. The number of benzene rings is 2. The molecule has 130 valence electrons. The van der Waals surface area contributed by atoms with Crippen LogP contribution in [0.2, 0.25) is 0 Å². The molecule has 0 saturated carbocycles. The van der Waals surface area contributed by atoms with Gasteiger partial charge in [-0.3, -0.25) is 9.59 Å². The molecule has 1 fully saturated rings. The van der Waals surface area contributed by atoms with E-state index < -0.39 is 0 Å². The number of carbonyl (C=O) groups excluding carboxylic acids is 2. The first-order valence-corrected chi connectivity index (χ1v) is 8.94. The zero-order chi connectivity index (χ0) is 17.8. The highest BCUT2D eigenvalue weighted by molar-refractivity contribution is 9.10. The highest BCUT2D eigenvalue weighted by Gasteiger charge is 2.29. The molecule has 2 amide bonds. The van der Waals surface area contributed by atoms with Gasteiger partial charge in [0.05, 0.1) is 11.6 Å². The number of halogens is 2. The number of hydrogen-bond donors (Lipinski definition) is 1. The lowest BCUT2D eigenvalue weighted by Gasteiger charge is -2.32. The molecule has 2 aromatic carbocycles. The van der Waals surface area contributed by atoms with Gasteiger partial charge in [0.25, 0.3) is 5.91 Å². The van der Waals surface area contributed by atoms with Gasteiger partial charge in [0.2, 0.25) is 5.91 Å². The summed E-state index contributed by atoms with van der Waals surface area (Å²) in [4.78, 5) is 26.8. The summed E-state index contributed by atoms with van der Waals surface area (Å²) < 4.78 is 13.8. The molecule has 0 aliphatic carbocycles. The van der Waals surface area contributed by atoms with Gasteiger partial charge < -0.3 is 10.2 Å². The second-order valence-electron chi connectivity index (χ2n) is 6.07. The maximum atomic E-state index is 13.0. The van der Waals surface area contributed by atoms with Gasteiger partial charge in [0, 0.05) is 23.1 Å². The fourth-order valence-electron chi connectivity index (χ4n) is 2.95. The summed E-state index contributed by atoms with van der Waals surface area (Å²) in [7, 11) is 0. The van der Waals surface area contributed by atoms with Crippen LogP contribution in [-0.4, -0.2) is 29.8 Å². The summed E-state index contributed by atoms with van der Waals surface area (Å²) in [6, 6.07) is 12.9. The molecule has 4 nitrogen and oxygen atoms in total. The van der Waals surface area contributed by atoms with Crippen LogP contribution in [0.15, 0.2) is 53.0 Å². The number of carbonyl (C=O) groups is 2. The van der Waals surface area contributed by atoms with Crippen LogP contribution >= 0.6 is 15.9 Å². The van der Waals surface area contributed by atoms with E-state index in [2.05, 4.69) is 21.2 Å². The van der Waals surface area contributed by atoms with E-state index in [-0.39, 0.29) is 23.5 Å². The Kier molecular flexibility index (Phi) is 5.48. The molecular formula is C19H18BrFN2O2. The molecule has 1 heterocycles. The minimum absolute atomic E-state index is 0.0940. The Labute approximate surface area is 154 Å². The molecule has 0 radical (unpaired) electrons. The maximum Gasteiger partial charge on any atom is 0.253 e. The van der Waals surface area contributed by atoms with E-state index in [1.807, 2.05) is 24.3 Å². The Hall–Kier alpha value is -2.21. The number of nitrogens with one attached hydrogen (secondary N) is 1. The van der Waals surface area contributed by atoms with E-state index in [4.69, 9.17) is 0 Å². The number of nitrogens with zero attached hydrogens (tertiary/aromatic N) is 1. The quantitative estimate of drug-likeness (QED) is 0.837. The second-order valence-corrected chi connectivity index (χ2v) is 6.92. The second kappa shape index (κ2) is 7.78. The van der Waals surface area contributed by atoms with Crippen LogP contribution in [0, 0.1) is 11.7 Å². The summed E-state index contributed by atoms with van der Waals surface area (Å²) >= 11 is 3.41. The van der Waals surface area contributed by atoms with Crippen LogP contribution in [0.25, 0.3) is 0 Å². The van der Waals surface area contributed by atoms with E-state index in [9.17, 15) is 14.0 Å². The van der Waals surface area contributed by atoms with Crippen molar-refractivity contribution in [2.24, 2.45) is 5.92 Å². The lowest BCUT2D eigenvalue weighted by atomic mass is 9.96. The summed E-state index contributed by atoms with van der Waals surface area (Å²) in [5.74, 6) is -0.895. The predicted octanol–water partition coefficient (Wildman–Crippen LogP) is 4.08. The fourth-order valence-corrected chi connectivity index (χ4v) is 3.33. The third-order valence-electron chi connectivity index (χ3n) is 4.30. The number of piperidine rings is 1. The maximum absolute atomic E-state index is 13.0. The standard InChI is InChI=1S/C19H18BrFN2O2/c20-16-5-1-2-6-17(16)22-18(24)14-4-3-11-23(12-14)19(25)13-7-9-15(21)10-8-13/h1-2,5-10,14H,3-4,11-12H2,(H,22,24). The van der Waals surface area contributed by atoms with Crippen LogP contribution in [0.5, 0.6) is 0 Å². The van der Waals surface area contributed by atoms with Crippen molar-refractivity contribution in [3.63, 3.8) is 0 Å². The first kappa shape index (κ1) is 17.6. The molecule has 2 aromatic rings. The van der Waals surface area contributed by atoms with E-state index in [0.717, 1.165) is 23.0 Å². The smallest absolute Gasteiger partial charge is 0.253 e. The summed E-state index contributed by atoms with van der Waals surface area (Å²) in [6.45, 7) is 0.974. The van der Waals surface area contributed by atoms with Crippen molar-refractivity contribution < 1.29 is 14.0 Å². The lowest BCUT2D eigenvalue weighted by molar-refractivity contribution is -0.121. The molecule has 0 spiro atoms. The normalized spacial score (nSPS) is 17.2. The molecule has 3 rings (SSSR count). The van der Waals surface area contributed by atoms with Gasteiger partial charge in [-0.1, -0.05) is 12.1 Å². The van der Waals surface area contributed by atoms with Crippen LogP contribution in [0.3, 0.4) is 0 Å². The number of likely N-dealkylation sites (tertiary alicyclic amines) is 1. The minimum atomic E-state index is -0.374. The van der Waals surface area contributed by atoms with Crippen molar-refractivity contribution in [1.82, 2.24) is 4.90 Å². The molecule has 6 heteroatoms. The van der Waals surface area contributed by atoms with Crippen LogP contribution in [0.4, 0.5) is 10.1 Å². The number of para-hydroxylation sites is 1. The number of hydrogen-bond acceptors (Lipinski definition) is 2. The highest BCUT2D eigenvalue weighted by Crippen LogP contribution is 2.24. The first-order chi connectivity index (χ1) is 12.0. The predicted molar refractivity (Wildman–Crippen MR) is 97.8 cm³/mol. The molecule has 1 atom stereocenters. The SMILES string of the molecule is O=C(Nc1ccccc1Br)C1CCCN(C(=O)c2ccc(F)cc2)C1. The van der Waals surface area contributed by atoms with Gasteiger partial charge in [-0.2, -0.15) is 0 Å². The van der Waals surface area contributed by atoms with Crippen molar-refractivity contribution in [2.75, 3.05) is 18.4 Å². The van der Waals surface area contributed by atoms with Crippen LogP contribution in [0.1, 0.15) is 23.2 Å². The van der Waals surface area contributed by atoms with Gasteiger partial charge in [0.15, 0.2) is 0 Å². The van der Waals surface area contributed by atoms with Gasteiger partial charge >= 0.3 is 0 Å². The number of rotatable bonds is 3. The Bertz CT molecular complexity index is 779. The average Bonchev–Trinajstić information content (AvgIpc) is 2.64. The Morgan fingerprint density at radius 2 is 1.84 bits per heavy atom. The molecule has 0 aromatic heterocycles. The zero-order valence-corrected chi connectivity index (χ0v) is 15.1. The summed E-state index contributed by atoms with van der Waals surface area (Å²) in [6.07, 6.45) is 1.50. The fraction of sp³-hybridized carbons (Fsp3) is 0.263. The number of amides is 2. The molecular weight excluding hydrogens is 387 g/mol. The Balaban J connectivity index is 1.66. The monoisotopic (exact) mass is 404 g/mol. The topological polar surface area (TPSA) is 49.4 Å². The Morgan fingerprint density at radius 1 is 1.12 bits per heavy atom. The largest absolute Gasteiger partial charge is 0.338 e. The lowest BCUT2D eigenvalue weighted by Crippen LogP contribution is -2.43. The van der Waals surface area contributed by atoms with Crippen molar-refractivity contribution in [3.8, 4) is 0 Å². The van der Waals surface area contributed by atoms with Gasteiger partial charge in [-0.25, -0.2) is 4.39 Å². The van der Waals surface area contributed by atoms with E-state index in [1.54, 1.807) is 4.90 Å². The highest BCUT2D eigenvalue weighted by atomic mass is 79.9. The average molecular weight is 405 g/mol. The van der Waals surface area contributed by atoms with Crippen LogP contribution < -0.4 is 5.32 Å². The van der Waals surface area contributed by atoms with E-state index in [0.29, 0.717) is 18.7 Å². The third-order valence-corrected chi connectivity index (χ3v) is 4.99. The third kappa shape index (κ3) is 4.25. The minimum Gasteiger partial charge on any atom is -0.338 e. The number of anilines is 1. The van der Waals surface area contributed by atoms with Gasteiger partial charge in [-0.15, -0.1) is 0 Å². The zero-order valence-electron chi connectivity index (χ0n) is 13.5. The van der Waals surface area contributed by atoms with Crippen molar-refractivity contribution in [2.45, 2.75) is 12.8 Å². The molecule has 1 aliphatic rings. The Morgan fingerprint density at radius 3 is 2.56 bits per heavy atom. The van der Waals surface area contributed by atoms with Crippen molar-refractivity contribution >= 4 is 33.4 Å². The molecule has 1 saturated heterocycles. The summed E-state index contributed by atoms with van der Waals surface area (Å²) in [5.41, 5.74) is 1.16. The molecule has 1 unspecified atom stereocenters. The molecule has 25 heavy (non-hydrogen) atoms. The summed E-state index contributed by atoms with van der Waals surface area (Å²) in [5, 5.41) is 2.91. The first-order valence-electron chi connectivity index (χ1n) is 8.15. The van der Waals surface area contributed by atoms with Crippen LogP contribution in [-0.2, 0) is 4.79 Å². The van der Waals surface area contributed by atoms with Gasteiger partial charge in [0.1, 0.15) is 5.82 Å². The molecule has 1 aliphatic heterocycles. The van der Waals surface area contributed by atoms with Crippen molar-refractivity contribution in [3.05, 3.63) is 64.4 Å².